The molecule has 9 aromatic carbocycles. The molecule has 11 rings (SSSR count). The number of para-hydroxylation sites is 1. The van der Waals surface area contributed by atoms with Crippen molar-refractivity contribution in [2.75, 3.05) is 0 Å². The standard InChI is InChI=1S/C62H46N2/c1-6-19-45(20-7-1)43-63-59(36-34-44-33-35-55-58-39-49-27-16-17-28-50(49)42-61(58)64(60(55)37-44)54-31-14-5-15-32-54)52-30-18-29-51(38-52)57-41-53(46-21-8-2-9-22-46)40-56(47-23-10-3-11-24-47)62(57)48-25-12-4-13-26-48/h1-15,17-26,28-33,35-43H,16,27,34H2/b59-36-,63-43-. The van der Waals surface area contributed by atoms with Crippen molar-refractivity contribution in [3.8, 4) is 50.2 Å². The lowest BCUT2D eigenvalue weighted by Crippen LogP contribution is -1.97. The van der Waals surface area contributed by atoms with Crippen LogP contribution in [0.4, 0.5) is 0 Å². The minimum Gasteiger partial charge on any atom is -0.309 e. The summed E-state index contributed by atoms with van der Waals surface area (Å²) in [6, 6.07) is 79.0. The second-order valence-corrected chi connectivity index (χ2v) is 16.6. The fourth-order valence-electron chi connectivity index (χ4n) is 9.39. The molecule has 0 saturated carbocycles. The Hall–Kier alpha value is -8.07. The van der Waals surface area contributed by atoms with Gasteiger partial charge in [0, 0.05) is 28.2 Å². The van der Waals surface area contributed by atoms with Crippen molar-refractivity contribution < 1.29 is 0 Å². The van der Waals surface area contributed by atoms with Gasteiger partial charge in [-0.25, -0.2) is 0 Å². The van der Waals surface area contributed by atoms with Crippen LogP contribution in [-0.2, 0) is 12.8 Å². The molecule has 0 saturated heterocycles. The van der Waals surface area contributed by atoms with Crippen molar-refractivity contribution in [2.24, 2.45) is 4.99 Å². The summed E-state index contributed by atoms with van der Waals surface area (Å²) in [4.78, 5) is 5.26. The Morgan fingerprint density at radius 3 is 1.86 bits per heavy atom. The second-order valence-electron chi connectivity index (χ2n) is 16.6. The maximum absolute atomic E-state index is 5.26. The van der Waals surface area contributed by atoms with Gasteiger partial charge in [0.2, 0.25) is 0 Å². The maximum Gasteiger partial charge on any atom is 0.0665 e. The molecule has 304 valence electrons. The third-order valence-corrected chi connectivity index (χ3v) is 12.5. The van der Waals surface area contributed by atoms with E-state index in [0.29, 0.717) is 6.42 Å². The molecule has 0 bridgehead atoms. The van der Waals surface area contributed by atoms with Crippen LogP contribution in [0.3, 0.4) is 0 Å². The molecule has 1 aliphatic rings. The first-order chi connectivity index (χ1) is 31.7. The molecule has 0 N–H and O–H groups in total. The van der Waals surface area contributed by atoms with E-state index >= 15 is 0 Å². The average molecular weight is 819 g/mol. The summed E-state index contributed by atoms with van der Waals surface area (Å²) in [6.45, 7) is 0. The largest absolute Gasteiger partial charge is 0.309 e. The molecule has 64 heavy (non-hydrogen) atoms. The lowest BCUT2D eigenvalue weighted by molar-refractivity contribution is 0.988. The third kappa shape index (κ3) is 7.72. The van der Waals surface area contributed by atoms with Crippen molar-refractivity contribution in [2.45, 2.75) is 19.3 Å². The number of aliphatic imine (C=N–C) groups is 1. The predicted octanol–water partition coefficient (Wildman–Crippen LogP) is 16.1. The molecule has 0 unspecified atom stereocenters. The molecule has 1 aromatic heterocycles. The average Bonchev–Trinajstić information content (AvgIpc) is 3.68. The molecular formula is C62H46N2. The van der Waals surface area contributed by atoms with Crippen LogP contribution in [0.25, 0.3) is 83.8 Å². The van der Waals surface area contributed by atoms with E-state index in [9.17, 15) is 0 Å². The first kappa shape index (κ1) is 38.8. The van der Waals surface area contributed by atoms with E-state index < -0.39 is 0 Å². The van der Waals surface area contributed by atoms with Crippen molar-refractivity contribution in [1.82, 2.24) is 4.57 Å². The smallest absolute Gasteiger partial charge is 0.0665 e. The van der Waals surface area contributed by atoms with Crippen LogP contribution < -0.4 is 0 Å². The molecular weight excluding hydrogens is 773 g/mol. The number of hydrogen-bond acceptors (Lipinski definition) is 1. The Balaban J connectivity index is 1.06. The predicted molar refractivity (Wildman–Crippen MR) is 272 cm³/mol. The van der Waals surface area contributed by atoms with Gasteiger partial charge in [-0.2, -0.15) is 0 Å². The van der Waals surface area contributed by atoms with Gasteiger partial charge in [-0.1, -0.05) is 188 Å². The van der Waals surface area contributed by atoms with Crippen molar-refractivity contribution in [1.29, 1.82) is 0 Å². The highest BCUT2D eigenvalue weighted by atomic mass is 15.0. The van der Waals surface area contributed by atoms with Crippen LogP contribution >= 0.6 is 0 Å². The number of hydrogen-bond donors (Lipinski definition) is 0. The number of aryl methyl sites for hydroxylation is 1. The molecule has 2 nitrogen and oxygen atoms in total. The lowest BCUT2D eigenvalue weighted by Gasteiger charge is -2.19. The zero-order valence-electron chi connectivity index (χ0n) is 35.6. The van der Waals surface area contributed by atoms with E-state index in [1.807, 2.05) is 12.3 Å². The molecule has 0 spiro atoms. The van der Waals surface area contributed by atoms with E-state index in [1.165, 1.54) is 83.1 Å². The van der Waals surface area contributed by atoms with Gasteiger partial charge in [0.15, 0.2) is 0 Å². The summed E-state index contributed by atoms with van der Waals surface area (Å²) >= 11 is 0. The van der Waals surface area contributed by atoms with Crippen LogP contribution in [0.2, 0.25) is 0 Å². The van der Waals surface area contributed by atoms with Crippen LogP contribution in [-0.4, -0.2) is 10.8 Å². The second kappa shape index (κ2) is 17.4. The molecule has 1 heterocycles. The normalized spacial score (nSPS) is 12.6. The Kier molecular flexibility index (Phi) is 10.5. The van der Waals surface area contributed by atoms with Crippen LogP contribution in [0.5, 0.6) is 0 Å². The van der Waals surface area contributed by atoms with Gasteiger partial charge in [0.25, 0.3) is 0 Å². The monoisotopic (exact) mass is 818 g/mol. The molecule has 2 heteroatoms. The number of nitrogens with zero attached hydrogens (tertiary/aromatic N) is 2. The van der Waals surface area contributed by atoms with Crippen LogP contribution in [0, 0.1) is 0 Å². The fourth-order valence-corrected chi connectivity index (χ4v) is 9.39. The van der Waals surface area contributed by atoms with E-state index in [2.05, 4.69) is 235 Å². The summed E-state index contributed by atoms with van der Waals surface area (Å²) in [5.41, 5.74) is 20.1. The quantitative estimate of drug-likeness (QED) is 0.122. The zero-order valence-corrected chi connectivity index (χ0v) is 35.6. The summed E-state index contributed by atoms with van der Waals surface area (Å²) in [6.07, 6.45) is 11.8. The number of benzene rings is 9. The van der Waals surface area contributed by atoms with E-state index in [1.54, 1.807) is 0 Å². The number of rotatable bonds is 10. The molecule has 1 aliphatic carbocycles. The van der Waals surface area contributed by atoms with Crippen LogP contribution in [0.1, 0.15) is 34.2 Å². The zero-order chi connectivity index (χ0) is 42.7. The highest BCUT2D eigenvalue weighted by molar-refractivity contribution is 6.10. The molecule has 0 atom stereocenters. The highest BCUT2D eigenvalue weighted by Crippen LogP contribution is 2.44. The minimum atomic E-state index is 0.716. The summed E-state index contributed by atoms with van der Waals surface area (Å²) in [5, 5.41) is 2.59. The summed E-state index contributed by atoms with van der Waals surface area (Å²) in [5.74, 6) is 0. The summed E-state index contributed by atoms with van der Waals surface area (Å²) < 4.78 is 2.44. The SMILES string of the molecule is C1=Cc2cc3c(cc2CC1)c1ccc(C/C=C(\N=C/c2ccccc2)c2cccc(-c4cc(-c5ccccc5)cc(-c5ccccc5)c4-c4ccccc4)c2)cc1n3-c1ccccc1. The van der Waals surface area contributed by atoms with Gasteiger partial charge in [-0.3, -0.25) is 4.99 Å². The van der Waals surface area contributed by atoms with Gasteiger partial charge in [0.05, 0.1) is 16.7 Å². The first-order valence-corrected chi connectivity index (χ1v) is 22.3. The van der Waals surface area contributed by atoms with Gasteiger partial charge >= 0.3 is 0 Å². The van der Waals surface area contributed by atoms with Gasteiger partial charge < -0.3 is 4.57 Å². The third-order valence-electron chi connectivity index (χ3n) is 12.5. The molecule has 0 radical (unpaired) electrons. The van der Waals surface area contributed by atoms with Gasteiger partial charge in [-0.15, -0.1) is 0 Å². The lowest BCUT2D eigenvalue weighted by atomic mass is 9.84. The molecule has 10 aromatic rings. The topological polar surface area (TPSA) is 17.3 Å². The molecule has 0 fully saturated rings. The van der Waals surface area contributed by atoms with E-state index in [4.69, 9.17) is 4.99 Å². The van der Waals surface area contributed by atoms with Gasteiger partial charge in [0.1, 0.15) is 0 Å². The van der Waals surface area contributed by atoms with Crippen molar-refractivity contribution in [3.05, 3.63) is 258 Å². The Morgan fingerprint density at radius 2 is 1.12 bits per heavy atom. The van der Waals surface area contributed by atoms with Crippen molar-refractivity contribution in [3.63, 3.8) is 0 Å². The maximum atomic E-state index is 5.26. The van der Waals surface area contributed by atoms with E-state index in [-0.39, 0.29) is 0 Å². The van der Waals surface area contributed by atoms with Crippen LogP contribution in [0.15, 0.2) is 236 Å². The number of aromatic nitrogens is 1. The highest BCUT2D eigenvalue weighted by Gasteiger charge is 2.19. The fraction of sp³-hybridized carbons (Fsp3) is 0.0484. The Labute approximate surface area is 375 Å². The molecule has 0 amide bonds. The number of allylic oxidation sites excluding steroid dienone is 2. The minimum absolute atomic E-state index is 0.716. The Morgan fingerprint density at radius 1 is 0.500 bits per heavy atom. The summed E-state index contributed by atoms with van der Waals surface area (Å²) in [7, 11) is 0. The van der Waals surface area contributed by atoms with Gasteiger partial charge in [-0.05, 0) is 135 Å². The van der Waals surface area contributed by atoms with Crippen molar-refractivity contribution >= 4 is 39.8 Å². The number of fused-ring (bicyclic) bond motifs is 4. The Bertz CT molecular complexity index is 3360. The van der Waals surface area contributed by atoms with E-state index in [0.717, 1.165) is 35.2 Å². The molecule has 0 aliphatic heterocycles. The first-order valence-electron chi connectivity index (χ1n) is 22.3.